The summed E-state index contributed by atoms with van der Waals surface area (Å²) in [6.45, 7) is 1.77. The summed E-state index contributed by atoms with van der Waals surface area (Å²) in [5, 5.41) is 6.64. The molecular weight excluding hydrogens is 316 g/mol. The van der Waals surface area contributed by atoms with E-state index in [0.29, 0.717) is 5.96 Å². The number of carbonyl (C=O) groups is 1. The van der Waals surface area contributed by atoms with E-state index in [2.05, 4.69) is 15.6 Å². The molecule has 0 saturated heterocycles. The minimum atomic E-state index is -0.00177. The van der Waals surface area contributed by atoms with E-state index in [-0.39, 0.29) is 12.5 Å². The molecule has 0 radical (unpaired) electrons. The number of nitrogens with zero attached hydrogens (tertiary/aromatic N) is 2. The topological polar surface area (TPSA) is 69.9 Å². The lowest BCUT2D eigenvalue weighted by molar-refractivity contribution is -0.127. The Balaban J connectivity index is 1.73. The molecule has 1 heterocycles. The van der Waals surface area contributed by atoms with Crippen molar-refractivity contribution in [2.75, 3.05) is 33.7 Å². The molecule has 1 saturated carbocycles. The van der Waals surface area contributed by atoms with Crippen LogP contribution in [0.15, 0.2) is 27.8 Å². The monoisotopic (exact) mass is 348 g/mol. The van der Waals surface area contributed by atoms with Crippen LogP contribution in [0.2, 0.25) is 0 Å². The van der Waals surface area contributed by atoms with Crippen molar-refractivity contribution in [3.63, 3.8) is 0 Å². The number of aliphatic imine (C=N–C) groups is 1. The van der Waals surface area contributed by atoms with Gasteiger partial charge in [-0.1, -0.05) is 25.7 Å². The molecule has 1 aromatic heterocycles. The molecule has 0 aliphatic heterocycles. The van der Waals surface area contributed by atoms with Gasteiger partial charge in [0.1, 0.15) is 12.3 Å². The Kier molecular flexibility index (Phi) is 8.35. The molecule has 0 unspecified atom stereocenters. The van der Waals surface area contributed by atoms with E-state index in [4.69, 9.17) is 4.42 Å². The van der Waals surface area contributed by atoms with Crippen LogP contribution in [-0.4, -0.2) is 50.5 Å². The molecule has 25 heavy (non-hydrogen) atoms. The average Bonchev–Trinajstić information content (AvgIpc) is 3.29. The van der Waals surface area contributed by atoms with Gasteiger partial charge in [0.05, 0.1) is 6.26 Å². The Morgan fingerprint density at radius 2 is 2.04 bits per heavy atom. The van der Waals surface area contributed by atoms with Gasteiger partial charge in [-0.25, -0.2) is 4.99 Å². The lowest BCUT2D eigenvalue weighted by atomic mass is 10.0. The lowest BCUT2D eigenvalue weighted by Crippen LogP contribution is -2.40. The first-order valence-electron chi connectivity index (χ1n) is 9.40. The first kappa shape index (κ1) is 19.3. The zero-order valence-corrected chi connectivity index (χ0v) is 15.6. The van der Waals surface area contributed by atoms with Gasteiger partial charge in [-0.3, -0.25) is 4.79 Å². The molecule has 6 heteroatoms. The maximum absolute atomic E-state index is 11.8. The van der Waals surface area contributed by atoms with E-state index >= 15 is 0 Å². The van der Waals surface area contributed by atoms with Gasteiger partial charge in [-0.05, 0) is 30.9 Å². The summed E-state index contributed by atoms with van der Waals surface area (Å²) in [5.74, 6) is 2.55. The smallest absolute Gasteiger partial charge is 0.243 e. The second-order valence-corrected chi connectivity index (χ2v) is 6.93. The molecule has 0 atom stereocenters. The normalized spacial score (nSPS) is 15.4. The maximum atomic E-state index is 11.8. The van der Waals surface area contributed by atoms with Gasteiger partial charge < -0.3 is 20.0 Å². The maximum Gasteiger partial charge on any atom is 0.243 e. The predicted octanol–water partition coefficient (Wildman–Crippen LogP) is 2.42. The molecule has 1 amide bonds. The molecule has 0 bridgehead atoms. The van der Waals surface area contributed by atoms with Gasteiger partial charge >= 0.3 is 0 Å². The van der Waals surface area contributed by atoms with Crippen LogP contribution in [-0.2, 0) is 11.2 Å². The molecule has 1 fully saturated rings. The minimum absolute atomic E-state index is 0.00177. The van der Waals surface area contributed by atoms with Gasteiger partial charge in [-0.2, -0.15) is 0 Å². The van der Waals surface area contributed by atoms with E-state index in [1.807, 2.05) is 12.1 Å². The second-order valence-electron chi connectivity index (χ2n) is 6.93. The van der Waals surface area contributed by atoms with E-state index in [1.54, 1.807) is 25.3 Å². The van der Waals surface area contributed by atoms with Crippen molar-refractivity contribution in [3.8, 4) is 0 Å². The van der Waals surface area contributed by atoms with Crippen molar-refractivity contribution in [1.82, 2.24) is 15.5 Å². The second kappa shape index (κ2) is 10.8. The standard InChI is InChI=1S/C19H32N4O2/c1-23(2)18(24)15-22-19(21-13-11-17-10-6-14-25-17)20-12-5-9-16-7-3-4-8-16/h6,10,14,16H,3-5,7-9,11-13,15H2,1-2H3,(H2,20,21,22). The quantitative estimate of drug-likeness (QED) is 0.408. The van der Waals surface area contributed by atoms with Gasteiger partial charge in [0.25, 0.3) is 0 Å². The minimum Gasteiger partial charge on any atom is -0.469 e. The van der Waals surface area contributed by atoms with Crippen molar-refractivity contribution >= 4 is 11.9 Å². The summed E-state index contributed by atoms with van der Waals surface area (Å²) in [7, 11) is 3.49. The van der Waals surface area contributed by atoms with Crippen LogP contribution < -0.4 is 10.6 Å². The van der Waals surface area contributed by atoms with Crippen LogP contribution in [0.25, 0.3) is 0 Å². The first-order valence-corrected chi connectivity index (χ1v) is 9.40. The third-order valence-electron chi connectivity index (χ3n) is 4.67. The molecule has 0 aromatic carbocycles. The number of guanidine groups is 1. The first-order chi connectivity index (χ1) is 12.1. The van der Waals surface area contributed by atoms with Crippen molar-refractivity contribution < 1.29 is 9.21 Å². The van der Waals surface area contributed by atoms with E-state index in [9.17, 15) is 4.79 Å². The molecule has 1 aliphatic carbocycles. The summed E-state index contributed by atoms with van der Waals surface area (Å²) < 4.78 is 5.34. The summed E-state index contributed by atoms with van der Waals surface area (Å²) >= 11 is 0. The Morgan fingerprint density at radius 1 is 1.28 bits per heavy atom. The van der Waals surface area contributed by atoms with Crippen molar-refractivity contribution in [2.45, 2.75) is 44.9 Å². The highest BCUT2D eigenvalue weighted by molar-refractivity contribution is 5.84. The number of hydrogen-bond donors (Lipinski definition) is 2. The Labute approximate surface area is 151 Å². The summed E-state index contributed by atoms with van der Waals surface area (Å²) in [4.78, 5) is 17.7. The molecule has 6 nitrogen and oxygen atoms in total. The fraction of sp³-hybridized carbons (Fsp3) is 0.684. The van der Waals surface area contributed by atoms with Crippen molar-refractivity contribution in [3.05, 3.63) is 24.2 Å². The van der Waals surface area contributed by atoms with Gasteiger partial charge in [0, 0.05) is 33.6 Å². The lowest BCUT2D eigenvalue weighted by Gasteiger charge is -2.14. The van der Waals surface area contributed by atoms with Gasteiger partial charge in [-0.15, -0.1) is 0 Å². The molecule has 2 N–H and O–H groups in total. The highest BCUT2D eigenvalue weighted by Crippen LogP contribution is 2.28. The highest BCUT2D eigenvalue weighted by atomic mass is 16.3. The van der Waals surface area contributed by atoms with E-state index in [0.717, 1.165) is 37.6 Å². The van der Waals surface area contributed by atoms with Crippen LogP contribution in [0, 0.1) is 5.92 Å². The van der Waals surface area contributed by atoms with Crippen LogP contribution in [0.3, 0.4) is 0 Å². The Morgan fingerprint density at radius 3 is 2.72 bits per heavy atom. The Hall–Kier alpha value is -1.98. The molecule has 1 aromatic rings. The van der Waals surface area contributed by atoms with Gasteiger partial charge in [0.15, 0.2) is 5.96 Å². The highest BCUT2D eigenvalue weighted by Gasteiger charge is 2.14. The molecule has 140 valence electrons. The summed E-state index contributed by atoms with van der Waals surface area (Å²) in [6.07, 6.45) is 10.5. The van der Waals surface area contributed by atoms with Crippen molar-refractivity contribution in [1.29, 1.82) is 0 Å². The summed E-state index contributed by atoms with van der Waals surface area (Å²) in [6, 6.07) is 3.85. The van der Waals surface area contributed by atoms with Crippen LogP contribution in [0.1, 0.15) is 44.3 Å². The number of amides is 1. The zero-order chi connectivity index (χ0) is 17.9. The van der Waals surface area contributed by atoms with E-state index in [1.165, 1.54) is 32.1 Å². The predicted molar refractivity (Wildman–Crippen MR) is 101 cm³/mol. The Bertz CT molecular complexity index is 520. The largest absolute Gasteiger partial charge is 0.469 e. The molecule has 1 aliphatic rings. The average molecular weight is 348 g/mol. The number of furan rings is 1. The summed E-state index contributed by atoms with van der Waals surface area (Å²) in [5.41, 5.74) is 0. The van der Waals surface area contributed by atoms with Crippen molar-refractivity contribution in [2.24, 2.45) is 10.9 Å². The third kappa shape index (κ3) is 7.63. The number of carbonyl (C=O) groups excluding carboxylic acids is 1. The van der Waals surface area contributed by atoms with E-state index < -0.39 is 0 Å². The van der Waals surface area contributed by atoms with Crippen LogP contribution in [0.4, 0.5) is 0 Å². The number of nitrogens with one attached hydrogen (secondary N) is 2. The SMILES string of the molecule is CN(C)C(=O)CN=C(NCCCC1CCCC1)NCCc1ccco1. The third-order valence-corrected chi connectivity index (χ3v) is 4.67. The van der Waals surface area contributed by atoms with Gasteiger partial charge in [0.2, 0.25) is 5.91 Å². The fourth-order valence-electron chi connectivity index (χ4n) is 3.12. The molecule has 0 spiro atoms. The number of likely N-dealkylation sites (N-methyl/N-ethyl adjacent to an activating group) is 1. The molecule has 2 rings (SSSR count). The number of hydrogen-bond acceptors (Lipinski definition) is 3. The number of rotatable bonds is 9. The van der Waals surface area contributed by atoms with Crippen LogP contribution in [0.5, 0.6) is 0 Å². The molecular formula is C19H32N4O2. The fourth-order valence-corrected chi connectivity index (χ4v) is 3.12. The zero-order valence-electron chi connectivity index (χ0n) is 15.6. The van der Waals surface area contributed by atoms with Crippen LogP contribution >= 0.6 is 0 Å².